The van der Waals surface area contributed by atoms with E-state index in [0.717, 1.165) is 43.2 Å². The highest BCUT2D eigenvalue weighted by molar-refractivity contribution is 6.03. The Hall–Kier alpha value is -3.99. The fourth-order valence-corrected chi connectivity index (χ4v) is 5.69. The molecule has 0 aliphatic carbocycles. The second-order valence-corrected chi connectivity index (χ2v) is 11.1. The summed E-state index contributed by atoms with van der Waals surface area (Å²) in [6.45, 7) is 5.56. The molecule has 2 aliphatic heterocycles. The maximum Gasteiger partial charge on any atom is 0.256 e. The smallest absolute Gasteiger partial charge is 0.256 e. The lowest BCUT2D eigenvalue weighted by atomic mass is 10.0. The lowest BCUT2D eigenvalue weighted by molar-refractivity contribution is 0.0398. The van der Waals surface area contributed by atoms with Crippen molar-refractivity contribution in [3.05, 3.63) is 70.3 Å². The van der Waals surface area contributed by atoms with Gasteiger partial charge in [0.05, 0.1) is 24.3 Å². The van der Waals surface area contributed by atoms with Crippen LogP contribution in [-0.4, -0.2) is 86.9 Å². The summed E-state index contributed by atoms with van der Waals surface area (Å²) in [7, 11) is 4.01. The number of hydrogen-bond donors (Lipinski definition) is 2. The molecule has 42 heavy (non-hydrogen) atoms. The fraction of sp³-hybridized carbons (Fsp3) is 0.375. The number of unbranched alkanes of at least 4 members (excludes halogenated alkanes) is 1. The van der Waals surface area contributed by atoms with E-state index in [4.69, 9.17) is 9.47 Å². The molecule has 0 spiro atoms. The maximum atomic E-state index is 15.8. The Morgan fingerprint density at radius 1 is 1.02 bits per heavy atom. The molecule has 2 N–H and O–H groups in total. The SMILES string of the molecule is CN(C)CCCCNC(=O)c1cn2c3c(c(NCCN4CCOCC4)c(F)cc3c1=O)Oc1c-2ccc2ccccc12. The first kappa shape index (κ1) is 28.1. The Morgan fingerprint density at radius 2 is 1.83 bits per heavy atom. The number of benzene rings is 3. The molecule has 9 nitrogen and oxygen atoms in total. The van der Waals surface area contributed by atoms with Gasteiger partial charge in [-0.1, -0.05) is 30.3 Å². The van der Waals surface area contributed by atoms with Crippen molar-refractivity contribution in [1.29, 1.82) is 0 Å². The third-order valence-electron chi connectivity index (χ3n) is 7.91. The highest BCUT2D eigenvalue weighted by Crippen LogP contribution is 2.47. The third kappa shape index (κ3) is 5.45. The molecule has 0 radical (unpaired) electrons. The maximum absolute atomic E-state index is 15.8. The first-order chi connectivity index (χ1) is 20.4. The van der Waals surface area contributed by atoms with Crippen LogP contribution in [0.15, 0.2) is 53.5 Å². The van der Waals surface area contributed by atoms with Gasteiger partial charge in [0.1, 0.15) is 16.8 Å². The highest BCUT2D eigenvalue weighted by Gasteiger charge is 2.29. The molecule has 3 aromatic carbocycles. The van der Waals surface area contributed by atoms with Crippen LogP contribution >= 0.6 is 0 Å². The Morgan fingerprint density at radius 3 is 2.64 bits per heavy atom. The average molecular weight is 574 g/mol. The number of hydrogen-bond acceptors (Lipinski definition) is 7. The Balaban J connectivity index is 1.41. The van der Waals surface area contributed by atoms with Gasteiger partial charge >= 0.3 is 0 Å². The van der Waals surface area contributed by atoms with Crippen molar-refractivity contribution < 1.29 is 18.7 Å². The summed E-state index contributed by atoms with van der Waals surface area (Å²) in [5, 5.41) is 8.03. The number of halogens is 1. The quantitative estimate of drug-likeness (QED) is 0.242. The molecule has 0 saturated carbocycles. The largest absolute Gasteiger partial charge is 0.450 e. The number of fused-ring (bicyclic) bond motifs is 4. The average Bonchev–Trinajstić information content (AvgIpc) is 2.99. The van der Waals surface area contributed by atoms with Gasteiger partial charge in [-0.15, -0.1) is 0 Å². The number of amides is 1. The van der Waals surface area contributed by atoms with E-state index in [1.807, 2.05) is 50.5 Å². The fourth-order valence-electron chi connectivity index (χ4n) is 5.69. The summed E-state index contributed by atoms with van der Waals surface area (Å²) in [4.78, 5) is 31.3. The molecule has 1 aromatic heterocycles. The van der Waals surface area contributed by atoms with Gasteiger partial charge in [0.2, 0.25) is 5.43 Å². The molecule has 220 valence electrons. The standard InChI is InChI=1S/C32H36FN5O4/c1-36(2)13-6-5-11-35-32(40)24-20-38-26-10-9-21-7-3-4-8-22(21)30(26)42-31-27(25(33)19-23(28(31)38)29(24)39)34-12-14-37-15-17-41-18-16-37/h3-4,7-10,19-20,34H,5-6,11-18H2,1-2H3,(H,35,40). The summed E-state index contributed by atoms with van der Waals surface area (Å²) in [5.74, 6) is -0.293. The lowest BCUT2D eigenvalue weighted by Gasteiger charge is -2.28. The van der Waals surface area contributed by atoms with Crippen LogP contribution in [0.3, 0.4) is 0 Å². The first-order valence-electron chi connectivity index (χ1n) is 14.5. The van der Waals surface area contributed by atoms with Crippen molar-refractivity contribution in [3.8, 4) is 17.2 Å². The number of aromatic nitrogens is 1. The van der Waals surface area contributed by atoms with Crippen LogP contribution in [0.1, 0.15) is 23.2 Å². The number of nitrogens with zero attached hydrogens (tertiary/aromatic N) is 3. The molecule has 0 atom stereocenters. The molecular formula is C32H36FN5O4. The Bertz CT molecular complexity index is 1700. The second-order valence-electron chi connectivity index (χ2n) is 11.1. The minimum absolute atomic E-state index is 0.0329. The van der Waals surface area contributed by atoms with Gasteiger partial charge in [-0.25, -0.2) is 4.39 Å². The number of carbonyl (C=O) groups is 1. The van der Waals surface area contributed by atoms with E-state index in [0.29, 0.717) is 49.8 Å². The number of nitrogens with one attached hydrogen (secondary N) is 2. The molecular weight excluding hydrogens is 537 g/mol. The van der Waals surface area contributed by atoms with E-state index in [-0.39, 0.29) is 22.4 Å². The Labute approximate surface area is 243 Å². The Kier molecular flexibility index (Phi) is 8.10. The van der Waals surface area contributed by atoms with Crippen LogP contribution in [0.25, 0.3) is 27.4 Å². The predicted octanol–water partition coefficient (Wildman–Crippen LogP) is 4.20. The zero-order chi connectivity index (χ0) is 29.2. The number of carbonyl (C=O) groups excluding carboxylic acids is 1. The number of morpholine rings is 1. The van der Waals surface area contributed by atoms with Crippen LogP contribution in [-0.2, 0) is 4.74 Å². The monoisotopic (exact) mass is 573 g/mol. The minimum atomic E-state index is -0.604. The molecule has 6 rings (SSSR count). The molecule has 2 aliphatic rings. The summed E-state index contributed by atoms with van der Waals surface area (Å²) >= 11 is 0. The highest BCUT2D eigenvalue weighted by atomic mass is 19.1. The predicted molar refractivity (Wildman–Crippen MR) is 163 cm³/mol. The van der Waals surface area contributed by atoms with Crippen molar-refractivity contribution in [2.24, 2.45) is 0 Å². The number of pyridine rings is 1. The zero-order valence-corrected chi connectivity index (χ0v) is 24.0. The van der Waals surface area contributed by atoms with Crippen molar-refractivity contribution in [3.63, 3.8) is 0 Å². The summed E-state index contributed by atoms with van der Waals surface area (Å²) in [6, 6.07) is 12.9. The van der Waals surface area contributed by atoms with Crippen molar-refractivity contribution in [2.75, 3.05) is 71.9 Å². The van der Waals surface area contributed by atoms with E-state index >= 15 is 4.39 Å². The van der Waals surface area contributed by atoms with E-state index in [1.54, 1.807) is 10.8 Å². The second kappa shape index (κ2) is 12.1. The van der Waals surface area contributed by atoms with Crippen LogP contribution in [0.2, 0.25) is 0 Å². The lowest BCUT2D eigenvalue weighted by Crippen LogP contribution is -2.39. The van der Waals surface area contributed by atoms with E-state index < -0.39 is 17.2 Å². The molecule has 0 bridgehead atoms. The van der Waals surface area contributed by atoms with Gasteiger partial charge in [-0.3, -0.25) is 14.5 Å². The number of rotatable bonds is 10. The van der Waals surface area contributed by atoms with E-state index in [9.17, 15) is 9.59 Å². The number of ether oxygens (including phenoxy) is 2. The van der Waals surface area contributed by atoms with Crippen molar-refractivity contribution >= 4 is 33.3 Å². The van der Waals surface area contributed by atoms with Crippen LogP contribution < -0.4 is 20.8 Å². The van der Waals surface area contributed by atoms with Gasteiger partial charge < -0.3 is 29.6 Å². The molecule has 4 aromatic rings. The summed E-state index contributed by atoms with van der Waals surface area (Å²) in [5.41, 5.74) is 0.743. The van der Waals surface area contributed by atoms with Crippen LogP contribution in [0.4, 0.5) is 10.1 Å². The van der Waals surface area contributed by atoms with Gasteiger partial charge in [-0.2, -0.15) is 0 Å². The van der Waals surface area contributed by atoms with Gasteiger partial charge in [0, 0.05) is 44.3 Å². The van der Waals surface area contributed by atoms with E-state index in [1.165, 1.54) is 6.07 Å². The normalized spacial score (nSPS) is 14.7. The van der Waals surface area contributed by atoms with Crippen molar-refractivity contribution in [1.82, 2.24) is 19.7 Å². The summed E-state index contributed by atoms with van der Waals surface area (Å²) < 4.78 is 29.5. The molecule has 1 amide bonds. The van der Waals surface area contributed by atoms with Crippen LogP contribution in [0, 0.1) is 5.82 Å². The van der Waals surface area contributed by atoms with Gasteiger partial charge in [0.25, 0.3) is 5.91 Å². The molecule has 10 heteroatoms. The molecule has 1 fully saturated rings. The van der Waals surface area contributed by atoms with Gasteiger partial charge in [-0.05, 0) is 51.0 Å². The minimum Gasteiger partial charge on any atom is -0.450 e. The number of anilines is 1. The third-order valence-corrected chi connectivity index (χ3v) is 7.91. The van der Waals surface area contributed by atoms with E-state index in [2.05, 4.69) is 20.4 Å². The van der Waals surface area contributed by atoms with Crippen molar-refractivity contribution in [2.45, 2.75) is 12.8 Å². The zero-order valence-electron chi connectivity index (χ0n) is 24.0. The first-order valence-corrected chi connectivity index (χ1v) is 14.5. The molecule has 3 heterocycles. The van der Waals surface area contributed by atoms with Gasteiger partial charge in [0.15, 0.2) is 17.3 Å². The summed E-state index contributed by atoms with van der Waals surface area (Å²) in [6.07, 6.45) is 3.27. The molecule has 1 saturated heterocycles. The molecule has 0 unspecified atom stereocenters. The topological polar surface area (TPSA) is 88.1 Å². The van der Waals surface area contributed by atoms with Crippen LogP contribution in [0.5, 0.6) is 11.5 Å².